The Kier molecular flexibility index (Phi) is 4.60. The molecule has 1 saturated heterocycles. The maximum absolute atomic E-state index is 13.2. The minimum absolute atomic E-state index is 0.117. The molecule has 26 heavy (non-hydrogen) atoms. The van der Waals surface area contributed by atoms with Gasteiger partial charge in [-0.15, -0.1) is 11.3 Å². The molecule has 6 nitrogen and oxygen atoms in total. The third-order valence-corrected chi connectivity index (χ3v) is 7.76. The molecule has 1 aromatic carbocycles. The van der Waals surface area contributed by atoms with E-state index in [4.69, 9.17) is 0 Å². The average molecular weight is 392 g/mol. The van der Waals surface area contributed by atoms with Gasteiger partial charge in [0.2, 0.25) is 5.91 Å². The minimum Gasteiger partial charge on any atom is -0.337 e. The van der Waals surface area contributed by atoms with Crippen molar-refractivity contribution in [1.29, 1.82) is 0 Å². The van der Waals surface area contributed by atoms with E-state index in [0.29, 0.717) is 19.5 Å². The topological polar surface area (TPSA) is 69.7 Å². The standard InChI is InChI=1S/C18H21N3O3S2/c1-20-16(11-15(19-26(20,23)24)17-7-4-10-25-17)18(22)21-9-8-13-5-2-3-6-14(13)12-21/h2-7,10,15-16,19H,8-9,11-12H2,1H3. The third kappa shape index (κ3) is 3.18. The maximum atomic E-state index is 13.2. The number of nitrogens with zero attached hydrogens (tertiary/aromatic N) is 2. The number of carbonyl (C=O) groups is 1. The van der Waals surface area contributed by atoms with Crippen LogP contribution in [-0.2, 0) is 28.0 Å². The zero-order valence-corrected chi connectivity index (χ0v) is 16.1. The summed E-state index contributed by atoms with van der Waals surface area (Å²) < 4.78 is 28.9. The summed E-state index contributed by atoms with van der Waals surface area (Å²) in [5.74, 6) is -0.117. The molecule has 0 spiro atoms. The molecular formula is C18H21N3O3S2. The molecule has 4 rings (SSSR count). The summed E-state index contributed by atoms with van der Waals surface area (Å²) in [4.78, 5) is 15.9. The van der Waals surface area contributed by atoms with Crippen LogP contribution >= 0.6 is 11.3 Å². The van der Waals surface area contributed by atoms with E-state index in [1.807, 2.05) is 35.7 Å². The lowest BCUT2D eigenvalue weighted by atomic mass is 9.98. The van der Waals surface area contributed by atoms with Gasteiger partial charge in [-0.05, 0) is 35.4 Å². The number of benzene rings is 1. The Morgan fingerprint density at radius 1 is 1.19 bits per heavy atom. The molecule has 138 valence electrons. The first-order valence-corrected chi connectivity index (χ1v) is 10.9. The minimum atomic E-state index is -3.69. The molecule has 1 fully saturated rings. The van der Waals surface area contributed by atoms with Crippen molar-refractivity contribution in [2.75, 3.05) is 13.6 Å². The van der Waals surface area contributed by atoms with Crippen molar-refractivity contribution in [3.63, 3.8) is 0 Å². The van der Waals surface area contributed by atoms with Crippen molar-refractivity contribution < 1.29 is 13.2 Å². The fourth-order valence-electron chi connectivity index (χ4n) is 3.66. The van der Waals surface area contributed by atoms with Gasteiger partial charge in [0, 0.05) is 25.0 Å². The van der Waals surface area contributed by atoms with Crippen LogP contribution in [0, 0.1) is 0 Å². The lowest BCUT2D eigenvalue weighted by molar-refractivity contribution is -0.136. The Balaban J connectivity index is 1.58. The highest BCUT2D eigenvalue weighted by molar-refractivity contribution is 7.87. The van der Waals surface area contributed by atoms with Gasteiger partial charge in [-0.2, -0.15) is 17.4 Å². The van der Waals surface area contributed by atoms with Gasteiger partial charge in [0.25, 0.3) is 10.2 Å². The number of amides is 1. The van der Waals surface area contributed by atoms with E-state index >= 15 is 0 Å². The number of hydrogen-bond acceptors (Lipinski definition) is 4. The van der Waals surface area contributed by atoms with Crippen LogP contribution < -0.4 is 4.72 Å². The quantitative estimate of drug-likeness (QED) is 0.850. The van der Waals surface area contributed by atoms with Crippen molar-refractivity contribution in [3.05, 3.63) is 57.8 Å². The Bertz CT molecular complexity index is 912. The van der Waals surface area contributed by atoms with Crippen LogP contribution in [0.2, 0.25) is 0 Å². The molecule has 1 amide bonds. The Labute approximate surface area is 157 Å². The molecule has 0 saturated carbocycles. The largest absolute Gasteiger partial charge is 0.337 e. The first-order chi connectivity index (χ1) is 12.5. The highest BCUT2D eigenvalue weighted by Crippen LogP contribution is 2.32. The number of thiophene rings is 1. The molecule has 0 bridgehead atoms. The van der Waals surface area contributed by atoms with Crippen molar-refractivity contribution >= 4 is 27.5 Å². The van der Waals surface area contributed by atoms with Crippen LogP contribution in [0.4, 0.5) is 0 Å². The number of likely N-dealkylation sites (N-methyl/N-ethyl adjacent to an activating group) is 1. The molecule has 8 heteroatoms. The summed E-state index contributed by atoms with van der Waals surface area (Å²) >= 11 is 1.50. The smallest absolute Gasteiger partial charge is 0.280 e. The number of nitrogens with one attached hydrogen (secondary N) is 1. The second-order valence-electron chi connectivity index (χ2n) is 6.74. The summed E-state index contributed by atoms with van der Waals surface area (Å²) in [6.45, 7) is 1.16. The molecule has 0 aliphatic carbocycles. The van der Waals surface area contributed by atoms with Crippen molar-refractivity contribution in [2.45, 2.75) is 31.5 Å². The van der Waals surface area contributed by atoms with E-state index in [1.165, 1.54) is 28.3 Å². The van der Waals surface area contributed by atoms with Crippen LogP contribution in [0.25, 0.3) is 0 Å². The highest BCUT2D eigenvalue weighted by atomic mass is 32.2. The van der Waals surface area contributed by atoms with Gasteiger partial charge in [-0.1, -0.05) is 30.3 Å². The van der Waals surface area contributed by atoms with E-state index in [9.17, 15) is 13.2 Å². The molecule has 0 radical (unpaired) electrons. The molecule has 2 aromatic rings. The average Bonchev–Trinajstić information content (AvgIpc) is 3.17. The molecule has 2 aliphatic rings. The second kappa shape index (κ2) is 6.77. The first-order valence-electron chi connectivity index (χ1n) is 8.60. The molecule has 1 N–H and O–H groups in total. The lowest BCUT2D eigenvalue weighted by Crippen LogP contribution is -2.58. The SMILES string of the molecule is CN1C(C(=O)N2CCc3ccccc3C2)CC(c2cccs2)NS1(=O)=O. The Hall–Kier alpha value is -1.74. The van der Waals surface area contributed by atoms with Gasteiger partial charge >= 0.3 is 0 Å². The number of carbonyl (C=O) groups excluding carboxylic acids is 1. The highest BCUT2D eigenvalue weighted by Gasteiger charge is 2.42. The first kappa shape index (κ1) is 17.7. The van der Waals surface area contributed by atoms with E-state index in [1.54, 1.807) is 4.90 Å². The Morgan fingerprint density at radius 3 is 2.69 bits per heavy atom. The number of hydrogen-bond donors (Lipinski definition) is 1. The van der Waals surface area contributed by atoms with Crippen LogP contribution in [0.5, 0.6) is 0 Å². The summed E-state index contributed by atoms with van der Waals surface area (Å²) in [7, 11) is -2.21. The summed E-state index contributed by atoms with van der Waals surface area (Å²) in [5, 5.41) is 1.92. The maximum Gasteiger partial charge on any atom is 0.280 e. The Morgan fingerprint density at radius 2 is 1.96 bits per heavy atom. The van der Waals surface area contributed by atoms with E-state index in [2.05, 4.69) is 10.8 Å². The van der Waals surface area contributed by atoms with Crippen molar-refractivity contribution in [2.24, 2.45) is 0 Å². The van der Waals surface area contributed by atoms with Crippen LogP contribution in [0.15, 0.2) is 41.8 Å². The summed E-state index contributed by atoms with van der Waals surface area (Å²) in [6, 6.07) is 10.9. The number of fused-ring (bicyclic) bond motifs is 1. The fraction of sp³-hybridized carbons (Fsp3) is 0.389. The van der Waals surface area contributed by atoms with Crippen LogP contribution in [0.3, 0.4) is 0 Å². The van der Waals surface area contributed by atoms with E-state index in [-0.39, 0.29) is 11.9 Å². The summed E-state index contributed by atoms with van der Waals surface area (Å²) in [5.41, 5.74) is 2.40. The van der Waals surface area contributed by atoms with Crippen LogP contribution in [-0.4, -0.2) is 43.2 Å². The molecule has 2 atom stereocenters. The van der Waals surface area contributed by atoms with Gasteiger partial charge in [0.05, 0.1) is 6.04 Å². The zero-order valence-electron chi connectivity index (χ0n) is 14.5. The normalized spacial score (nSPS) is 25.7. The molecule has 2 unspecified atom stereocenters. The van der Waals surface area contributed by atoms with E-state index < -0.39 is 16.3 Å². The lowest BCUT2D eigenvalue weighted by Gasteiger charge is -2.39. The summed E-state index contributed by atoms with van der Waals surface area (Å²) in [6.07, 6.45) is 1.24. The van der Waals surface area contributed by atoms with Gasteiger partial charge in [-0.25, -0.2) is 0 Å². The predicted octanol–water partition coefficient (Wildman–Crippen LogP) is 1.91. The van der Waals surface area contributed by atoms with Gasteiger partial charge in [-0.3, -0.25) is 4.79 Å². The monoisotopic (exact) mass is 391 g/mol. The van der Waals surface area contributed by atoms with Crippen LogP contribution in [0.1, 0.15) is 28.5 Å². The molecule has 2 aliphatic heterocycles. The van der Waals surface area contributed by atoms with Gasteiger partial charge < -0.3 is 4.90 Å². The van der Waals surface area contributed by atoms with Crippen molar-refractivity contribution in [3.8, 4) is 0 Å². The van der Waals surface area contributed by atoms with Gasteiger partial charge in [0.15, 0.2) is 0 Å². The zero-order chi connectivity index (χ0) is 18.3. The van der Waals surface area contributed by atoms with Crippen molar-refractivity contribution in [1.82, 2.24) is 13.9 Å². The second-order valence-corrected chi connectivity index (χ2v) is 9.48. The number of rotatable bonds is 2. The van der Waals surface area contributed by atoms with E-state index in [0.717, 1.165) is 16.9 Å². The molecule has 1 aromatic heterocycles. The molecular weight excluding hydrogens is 370 g/mol. The fourth-order valence-corrected chi connectivity index (χ4v) is 5.79. The predicted molar refractivity (Wildman–Crippen MR) is 101 cm³/mol. The van der Waals surface area contributed by atoms with Gasteiger partial charge in [0.1, 0.15) is 6.04 Å². The third-order valence-electron chi connectivity index (χ3n) is 5.18. The molecule has 3 heterocycles.